The smallest absolute Gasteiger partial charge is 0.384 e. The van der Waals surface area contributed by atoms with E-state index in [0.29, 0.717) is 34.3 Å². The topological polar surface area (TPSA) is 140 Å². The molecule has 0 spiro atoms. The molecule has 0 saturated carbocycles. The van der Waals surface area contributed by atoms with Gasteiger partial charge in [0, 0.05) is 36.5 Å². The Morgan fingerprint density at radius 1 is 1.08 bits per heavy atom. The number of nitrogens with one attached hydrogen (secondary N) is 2. The average molecular weight is 557 g/mol. The molecular weight excluding hydrogens is 533 g/mol. The van der Waals surface area contributed by atoms with Crippen LogP contribution in [0.15, 0.2) is 77.7 Å². The summed E-state index contributed by atoms with van der Waals surface area (Å²) in [5.74, 6) is -1.13. The maximum Gasteiger partial charge on any atom is 0.435 e. The van der Waals surface area contributed by atoms with Crippen molar-refractivity contribution in [2.75, 3.05) is 12.4 Å². The van der Waals surface area contributed by atoms with Gasteiger partial charge in [-0.2, -0.15) is 18.3 Å². The molecule has 0 radical (unpaired) electrons. The zero-order valence-corrected chi connectivity index (χ0v) is 21.2. The number of nitrogens with zero attached hydrogens (tertiary/aromatic N) is 3. The molecule has 1 aliphatic rings. The summed E-state index contributed by atoms with van der Waals surface area (Å²) >= 11 is 0. The molecule has 1 aromatic heterocycles. The highest BCUT2D eigenvalue weighted by molar-refractivity contribution is 8.22. The molecule has 0 bridgehead atoms. The molecule has 1 aliphatic heterocycles. The summed E-state index contributed by atoms with van der Waals surface area (Å²) < 4.78 is 64.1. The van der Waals surface area contributed by atoms with Crippen LogP contribution in [0.4, 0.5) is 18.9 Å². The number of carbonyl (C=O) groups excluding carboxylic acids is 1. The molecular formula is C26H23F3N6O3S. The lowest BCUT2D eigenvalue weighted by molar-refractivity contribution is -0.141. The number of fused-ring (bicyclic) bond motifs is 1. The molecule has 202 valence electrons. The van der Waals surface area contributed by atoms with Crippen LogP contribution in [-0.2, 0) is 12.7 Å². The third-order valence-corrected chi connectivity index (χ3v) is 8.31. The molecule has 0 fully saturated rings. The number of hydrogen-bond acceptors (Lipinski definition) is 6. The van der Waals surface area contributed by atoms with E-state index in [1.807, 2.05) is 12.1 Å². The Balaban J connectivity index is 1.46. The van der Waals surface area contributed by atoms with Gasteiger partial charge in [-0.05, 0) is 35.4 Å². The Morgan fingerprint density at radius 2 is 1.77 bits per heavy atom. The van der Waals surface area contributed by atoms with Crippen molar-refractivity contribution in [3.8, 4) is 16.8 Å². The van der Waals surface area contributed by atoms with Crippen molar-refractivity contribution >= 4 is 28.2 Å². The maximum atomic E-state index is 13.5. The van der Waals surface area contributed by atoms with Crippen LogP contribution in [0.5, 0.6) is 0 Å². The van der Waals surface area contributed by atoms with Crippen molar-refractivity contribution in [3.05, 3.63) is 95.3 Å². The Hall–Kier alpha value is -4.17. The zero-order valence-electron chi connectivity index (χ0n) is 20.4. The third kappa shape index (κ3) is 4.88. The van der Waals surface area contributed by atoms with Crippen LogP contribution in [0.25, 0.3) is 16.8 Å². The van der Waals surface area contributed by atoms with Gasteiger partial charge in [-0.25, -0.2) is 8.99 Å². The van der Waals surface area contributed by atoms with E-state index < -0.39 is 28.6 Å². The van der Waals surface area contributed by atoms with Crippen LogP contribution in [0.2, 0.25) is 0 Å². The summed E-state index contributed by atoms with van der Waals surface area (Å²) in [6.07, 6.45) is -4.79. The SMILES string of the molecule is CN1Cc2cccc(-c3ccc(NC(=O)c4cc(C(F)(F)F)nn4-c4cccc(C(=N)N)c4)cc3)c2S1(O)O. The predicted octanol–water partition coefficient (Wildman–Crippen LogP) is 5.56. The summed E-state index contributed by atoms with van der Waals surface area (Å²) in [4.78, 5) is 13.6. The average Bonchev–Trinajstić information content (AvgIpc) is 3.44. The van der Waals surface area contributed by atoms with Crippen LogP contribution in [0.1, 0.15) is 27.3 Å². The van der Waals surface area contributed by atoms with Crippen LogP contribution in [0, 0.1) is 5.41 Å². The normalized spacial score (nSPS) is 15.5. The first kappa shape index (κ1) is 26.4. The van der Waals surface area contributed by atoms with Gasteiger partial charge in [-0.3, -0.25) is 19.3 Å². The van der Waals surface area contributed by atoms with Crippen molar-refractivity contribution in [3.63, 3.8) is 0 Å². The van der Waals surface area contributed by atoms with Gasteiger partial charge < -0.3 is 11.1 Å². The molecule has 9 nitrogen and oxygen atoms in total. The molecule has 13 heteroatoms. The molecule has 3 aromatic carbocycles. The number of amides is 1. The van der Waals surface area contributed by atoms with E-state index in [0.717, 1.165) is 10.2 Å². The van der Waals surface area contributed by atoms with Crippen molar-refractivity contribution in [1.82, 2.24) is 14.1 Å². The van der Waals surface area contributed by atoms with Crippen LogP contribution >= 0.6 is 10.8 Å². The number of nitrogens with two attached hydrogens (primary N) is 1. The molecule has 0 atom stereocenters. The summed E-state index contributed by atoms with van der Waals surface area (Å²) in [5.41, 5.74) is 6.68. The number of anilines is 1. The quantitative estimate of drug-likeness (QED) is 0.161. The van der Waals surface area contributed by atoms with E-state index in [4.69, 9.17) is 11.1 Å². The molecule has 0 aliphatic carbocycles. The van der Waals surface area contributed by atoms with Gasteiger partial charge in [0.2, 0.25) is 0 Å². The first-order chi connectivity index (χ1) is 18.4. The van der Waals surface area contributed by atoms with E-state index >= 15 is 0 Å². The number of carbonyl (C=O) groups is 1. The van der Waals surface area contributed by atoms with E-state index in [1.165, 1.54) is 28.6 Å². The fourth-order valence-corrected chi connectivity index (χ4v) is 5.95. The van der Waals surface area contributed by atoms with Crippen molar-refractivity contribution in [2.24, 2.45) is 5.73 Å². The minimum atomic E-state index is -4.79. The van der Waals surface area contributed by atoms with Gasteiger partial charge in [0.05, 0.1) is 10.6 Å². The lowest BCUT2D eigenvalue weighted by Gasteiger charge is -2.35. The molecule has 2 heterocycles. The highest BCUT2D eigenvalue weighted by atomic mass is 32.3. The number of alkyl halides is 3. The summed E-state index contributed by atoms with van der Waals surface area (Å²) in [6, 6.07) is 18.4. The van der Waals surface area contributed by atoms with Gasteiger partial charge in [0.25, 0.3) is 5.91 Å². The first-order valence-corrected chi connectivity index (χ1v) is 13.0. The molecule has 39 heavy (non-hydrogen) atoms. The van der Waals surface area contributed by atoms with E-state index in [9.17, 15) is 27.1 Å². The largest absolute Gasteiger partial charge is 0.435 e. The molecule has 5 rings (SSSR count). The van der Waals surface area contributed by atoms with Crippen molar-refractivity contribution < 1.29 is 27.1 Å². The van der Waals surface area contributed by atoms with E-state index in [1.54, 1.807) is 37.4 Å². The second kappa shape index (κ2) is 9.54. The number of halogens is 3. The molecule has 1 amide bonds. The number of rotatable bonds is 5. The summed E-state index contributed by atoms with van der Waals surface area (Å²) in [7, 11) is -1.51. The Kier molecular flexibility index (Phi) is 6.47. The van der Waals surface area contributed by atoms with Crippen molar-refractivity contribution in [1.29, 1.82) is 5.41 Å². The van der Waals surface area contributed by atoms with Crippen LogP contribution in [0.3, 0.4) is 0 Å². The van der Waals surface area contributed by atoms with E-state index in [2.05, 4.69) is 10.4 Å². The molecule has 6 N–H and O–H groups in total. The minimum Gasteiger partial charge on any atom is -0.384 e. The number of aromatic nitrogens is 2. The second-order valence-corrected chi connectivity index (χ2v) is 11.0. The lowest BCUT2D eigenvalue weighted by Crippen LogP contribution is -2.17. The standard InChI is InChI=1S/C26H23F3N6O3S/c1-34-14-17-5-3-7-20(23(17)39(34,37)38)15-8-10-18(11-9-15)32-25(36)21-13-22(26(27,28)29)33-35(21)19-6-2-4-16(12-19)24(30)31/h2-13,37-38H,14H2,1H3,(H3,30,31)(H,32,36). The van der Waals surface area contributed by atoms with Gasteiger partial charge in [-0.1, -0.05) is 42.5 Å². The van der Waals surface area contributed by atoms with Gasteiger partial charge in [0.1, 0.15) is 11.5 Å². The van der Waals surface area contributed by atoms with Crippen molar-refractivity contribution in [2.45, 2.75) is 17.6 Å². The van der Waals surface area contributed by atoms with Gasteiger partial charge in [0.15, 0.2) is 5.69 Å². The highest BCUT2D eigenvalue weighted by Crippen LogP contribution is 2.60. The summed E-state index contributed by atoms with van der Waals surface area (Å²) in [6.45, 7) is 0.391. The van der Waals surface area contributed by atoms with Crippen LogP contribution < -0.4 is 11.1 Å². The zero-order chi connectivity index (χ0) is 28.1. The lowest BCUT2D eigenvalue weighted by atomic mass is 10.0. The number of nitrogen functional groups attached to an aromatic ring is 1. The number of benzene rings is 3. The highest BCUT2D eigenvalue weighted by Gasteiger charge is 2.37. The van der Waals surface area contributed by atoms with E-state index in [-0.39, 0.29) is 22.8 Å². The van der Waals surface area contributed by atoms with Gasteiger partial charge >= 0.3 is 6.18 Å². The molecule has 0 unspecified atom stereocenters. The monoisotopic (exact) mass is 556 g/mol. The fourth-order valence-electron chi connectivity index (χ4n) is 4.36. The predicted molar refractivity (Wildman–Crippen MR) is 142 cm³/mol. The maximum absolute atomic E-state index is 13.5. The molecule has 4 aromatic rings. The number of amidine groups is 1. The Labute approximate surface area is 222 Å². The Morgan fingerprint density at radius 3 is 2.44 bits per heavy atom. The third-order valence-electron chi connectivity index (χ3n) is 6.29. The minimum absolute atomic E-state index is 0.126. The summed E-state index contributed by atoms with van der Waals surface area (Å²) in [5, 5.41) is 13.8. The van der Waals surface area contributed by atoms with Gasteiger partial charge in [-0.15, -0.1) is 10.8 Å². The van der Waals surface area contributed by atoms with Crippen LogP contribution in [-0.4, -0.2) is 42.0 Å². The fraction of sp³-hybridized carbons (Fsp3) is 0.115. The second-order valence-electron chi connectivity index (χ2n) is 8.92. The first-order valence-electron chi connectivity index (χ1n) is 11.5. The number of hydrogen-bond donors (Lipinski definition) is 5. The molecule has 0 saturated heterocycles. The Bertz CT molecular complexity index is 1600.